The van der Waals surface area contributed by atoms with Gasteiger partial charge in [0, 0.05) is 0 Å². The minimum Gasteiger partial charge on any atom is -0.427 e. The molecule has 72 valence electrons. The fraction of sp³-hybridized carbons (Fsp3) is 0.667. The molecule has 1 heterocycles. The van der Waals surface area contributed by atoms with Gasteiger partial charge in [0.05, 0.1) is 11.7 Å². The molecule has 0 spiro atoms. The van der Waals surface area contributed by atoms with E-state index < -0.39 is 0 Å². The number of hydrogen-bond donors (Lipinski definition) is 2. The molecular weight excluding hydrogens is 166 g/mol. The third kappa shape index (κ3) is 1.42. The lowest BCUT2D eigenvalue weighted by Gasteiger charge is -2.31. The summed E-state index contributed by atoms with van der Waals surface area (Å²) in [4.78, 5) is 4.13. The SMILES string of the molecule is CC1(C)Cc2nc(N)oc2C(N)C1. The highest BCUT2D eigenvalue weighted by atomic mass is 16.4. The minimum absolute atomic E-state index is 0.0523. The number of nitrogens with two attached hydrogens (primary N) is 2. The van der Waals surface area contributed by atoms with Crippen LogP contribution in [0.1, 0.15) is 37.8 Å². The fourth-order valence-corrected chi connectivity index (χ4v) is 2.01. The van der Waals surface area contributed by atoms with E-state index in [1.54, 1.807) is 0 Å². The molecule has 1 aromatic rings. The zero-order valence-corrected chi connectivity index (χ0v) is 8.00. The Kier molecular flexibility index (Phi) is 1.63. The van der Waals surface area contributed by atoms with Crippen LogP contribution in [-0.4, -0.2) is 4.98 Å². The van der Waals surface area contributed by atoms with E-state index in [-0.39, 0.29) is 17.5 Å². The third-order valence-corrected chi connectivity index (χ3v) is 2.50. The fourth-order valence-electron chi connectivity index (χ4n) is 2.01. The van der Waals surface area contributed by atoms with Gasteiger partial charge in [-0.1, -0.05) is 13.8 Å². The van der Waals surface area contributed by atoms with Crippen LogP contribution in [0.4, 0.5) is 6.01 Å². The van der Waals surface area contributed by atoms with Gasteiger partial charge in [0.2, 0.25) is 0 Å². The molecule has 0 saturated carbocycles. The van der Waals surface area contributed by atoms with Gasteiger partial charge < -0.3 is 15.9 Å². The van der Waals surface area contributed by atoms with Gasteiger partial charge in [0.25, 0.3) is 6.01 Å². The smallest absolute Gasteiger partial charge is 0.292 e. The average molecular weight is 181 g/mol. The molecule has 13 heavy (non-hydrogen) atoms. The van der Waals surface area contributed by atoms with Crippen molar-refractivity contribution in [1.29, 1.82) is 0 Å². The minimum atomic E-state index is -0.0523. The van der Waals surface area contributed by atoms with E-state index in [1.807, 2.05) is 0 Å². The van der Waals surface area contributed by atoms with Crippen molar-refractivity contribution in [3.05, 3.63) is 11.5 Å². The molecule has 2 rings (SSSR count). The summed E-state index contributed by atoms with van der Waals surface area (Å²) in [6.45, 7) is 4.36. The molecular formula is C9H15N3O. The molecule has 1 atom stereocenters. The van der Waals surface area contributed by atoms with E-state index >= 15 is 0 Å². The maximum Gasteiger partial charge on any atom is 0.292 e. The van der Waals surface area contributed by atoms with Crippen molar-refractivity contribution in [2.24, 2.45) is 11.1 Å². The first-order valence-corrected chi connectivity index (χ1v) is 4.49. The van der Waals surface area contributed by atoms with Gasteiger partial charge in [-0.05, 0) is 18.3 Å². The lowest BCUT2D eigenvalue weighted by atomic mass is 9.76. The zero-order chi connectivity index (χ0) is 9.64. The van der Waals surface area contributed by atoms with Crippen molar-refractivity contribution in [2.45, 2.75) is 32.7 Å². The second-order valence-electron chi connectivity index (χ2n) is 4.51. The van der Waals surface area contributed by atoms with Gasteiger partial charge in [-0.15, -0.1) is 0 Å². The average Bonchev–Trinajstić information content (AvgIpc) is 2.27. The molecule has 4 N–H and O–H groups in total. The molecule has 0 bridgehead atoms. The lowest BCUT2D eigenvalue weighted by molar-refractivity contribution is 0.258. The molecule has 0 saturated heterocycles. The Labute approximate surface area is 77.3 Å². The van der Waals surface area contributed by atoms with Crippen LogP contribution in [0, 0.1) is 5.41 Å². The number of anilines is 1. The van der Waals surface area contributed by atoms with E-state index in [4.69, 9.17) is 15.9 Å². The predicted molar refractivity (Wildman–Crippen MR) is 49.9 cm³/mol. The van der Waals surface area contributed by atoms with Crippen LogP contribution < -0.4 is 11.5 Å². The van der Waals surface area contributed by atoms with E-state index in [0.29, 0.717) is 0 Å². The molecule has 1 unspecified atom stereocenters. The predicted octanol–water partition coefficient (Wildman–Crippen LogP) is 1.23. The van der Waals surface area contributed by atoms with E-state index in [1.165, 1.54) is 0 Å². The summed E-state index contributed by atoms with van der Waals surface area (Å²) < 4.78 is 5.25. The van der Waals surface area contributed by atoms with Gasteiger partial charge >= 0.3 is 0 Å². The van der Waals surface area contributed by atoms with E-state index in [0.717, 1.165) is 24.3 Å². The molecule has 0 aromatic carbocycles. The first kappa shape index (κ1) is 8.56. The quantitative estimate of drug-likeness (QED) is 0.631. The van der Waals surface area contributed by atoms with Crippen molar-refractivity contribution in [3.63, 3.8) is 0 Å². The van der Waals surface area contributed by atoms with Crippen molar-refractivity contribution in [3.8, 4) is 0 Å². The number of aromatic nitrogens is 1. The second kappa shape index (κ2) is 2.48. The molecule has 1 aliphatic rings. The number of nitrogen functional groups attached to an aromatic ring is 1. The lowest BCUT2D eigenvalue weighted by Crippen LogP contribution is -2.29. The number of oxazole rings is 1. The first-order valence-electron chi connectivity index (χ1n) is 4.49. The molecule has 1 aliphatic carbocycles. The van der Waals surface area contributed by atoms with Gasteiger partial charge in [-0.2, -0.15) is 4.98 Å². The summed E-state index contributed by atoms with van der Waals surface area (Å²) in [7, 11) is 0. The van der Waals surface area contributed by atoms with Crippen LogP contribution in [0.2, 0.25) is 0 Å². The molecule has 4 nitrogen and oxygen atoms in total. The van der Waals surface area contributed by atoms with Crippen molar-refractivity contribution >= 4 is 6.01 Å². The van der Waals surface area contributed by atoms with Crippen molar-refractivity contribution < 1.29 is 4.42 Å². The molecule has 0 amide bonds. The van der Waals surface area contributed by atoms with Gasteiger partial charge in [0.15, 0.2) is 0 Å². The second-order valence-corrected chi connectivity index (χ2v) is 4.51. The van der Waals surface area contributed by atoms with Crippen LogP contribution in [-0.2, 0) is 6.42 Å². The number of fused-ring (bicyclic) bond motifs is 1. The molecule has 0 radical (unpaired) electrons. The Morgan fingerprint density at radius 3 is 2.92 bits per heavy atom. The summed E-state index contributed by atoms with van der Waals surface area (Å²) in [6, 6.07) is 0.182. The van der Waals surface area contributed by atoms with Crippen LogP contribution >= 0.6 is 0 Å². The Balaban J connectivity index is 2.42. The molecule has 4 heteroatoms. The largest absolute Gasteiger partial charge is 0.427 e. The molecule has 0 fully saturated rings. The maximum atomic E-state index is 5.95. The highest BCUT2D eigenvalue weighted by Gasteiger charge is 2.34. The summed E-state index contributed by atoms with van der Waals surface area (Å²) in [6.07, 6.45) is 1.82. The number of rotatable bonds is 0. The summed E-state index contributed by atoms with van der Waals surface area (Å²) in [5, 5.41) is 0. The monoisotopic (exact) mass is 181 g/mol. The summed E-state index contributed by atoms with van der Waals surface area (Å²) in [5.41, 5.74) is 12.6. The Morgan fingerprint density at radius 2 is 2.23 bits per heavy atom. The van der Waals surface area contributed by atoms with Gasteiger partial charge in [0.1, 0.15) is 5.76 Å². The molecule has 1 aromatic heterocycles. The van der Waals surface area contributed by atoms with E-state index in [9.17, 15) is 0 Å². The standard InChI is InChI=1S/C9H15N3O/c1-9(2)3-5(10)7-6(4-9)12-8(11)13-7/h5H,3-4,10H2,1-2H3,(H2,11,12). The zero-order valence-electron chi connectivity index (χ0n) is 8.00. The molecule has 0 aliphatic heterocycles. The van der Waals surface area contributed by atoms with Crippen LogP contribution in [0.25, 0.3) is 0 Å². The van der Waals surface area contributed by atoms with Crippen LogP contribution in [0.3, 0.4) is 0 Å². The highest BCUT2D eigenvalue weighted by Crippen LogP contribution is 2.39. The Hall–Kier alpha value is -1.03. The van der Waals surface area contributed by atoms with E-state index in [2.05, 4.69) is 18.8 Å². The normalized spacial score (nSPS) is 25.6. The highest BCUT2D eigenvalue weighted by molar-refractivity contribution is 5.26. The van der Waals surface area contributed by atoms with Crippen LogP contribution in [0.5, 0.6) is 0 Å². The number of hydrogen-bond acceptors (Lipinski definition) is 4. The maximum absolute atomic E-state index is 5.95. The summed E-state index contributed by atoms with van der Waals surface area (Å²) >= 11 is 0. The van der Waals surface area contributed by atoms with Gasteiger partial charge in [-0.25, -0.2) is 0 Å². The first-order chi connectivity index (χ1) is 5.98. The Morgan fingerprint density at radius 1 is 1.54 bits per heavy atom. The third-order valence-electron chi connectivity index (χ3n) is 2.50. The summed E-state index contributed by atoms with van der Waals surface area (Å²) in [5.74, 6) is 0.775. The number of nitrogens with zero attached hydrogens (tertiary/aromatic N) is 1. The van der Waals surface area contributed by atoms with Crippen LogP contribution in [0.15, 0.2) is 4.42 Å². The van der Waals surface area contributed by atoms with Crippen molar-refractivity contribution in [1.82, 2.24) is 4.98 Å². The Bertz CT molecular complexity index is 330. The topological polar surface area (TPSA) is 78.1 Å². The van der Waals surface area contributed by atoms with Gasteiger partial charge in [-0.3, -0.25) is 0 Å². The van der Waals surface area contributed by atoms with Crippen molar-refractivity contribution in [2.75, 3.05) is 5.73 Å².